The molecule has 0 spiro atoms. The van der Waals surface area contributed by atoms with Gasteiger partial charge >= 0.3 is 0 Å². The van der Waals surface area contributed by atoms with Gasteiger partial charge in [-0.1, -0.05) is 54.6 Å². The summed E-state index contributed by atoms with van der Waals surface area (Å²) in [6.45, 7) is 3.25. The minimum absolute atomic E-state index is 0.164. The highest BCUT2D eigenvalue weighted by molar-refractivity contribution is 6.25. The van der Waals surface area contributed by atoms with Crippen LogP contribution in [0.5, 0.6) is 0 Å². The maximum absolute atomic E-state index is 13.0. The minimum atomic E-state index is -0.164. The van der Waals surface area contributed by atoms with Gasteiger partial charge in [0.05, 0.1) is 0 Å². The second-order valence-corrected chi connectivity index (χ2v) is 8.45. The summed E-state index contributed by atoms with van der Waals surface area (Å²) < 4.78 is 0. The van der Waals surface area contributed by atoms with Crippen LogP contribution in [0, 0.1) is 5.92 Å². The maximum Gasteiger partial charge on any atom is 0.261 e. The molecule has 30 heavy (non-hydrogen) atoms. The van der Waals surface area contributed by atoms with E-state index < -0.39 is 0 Å². The Kier molecular flexibility index (Phi) is 5.09. The predicted octanol–water partition coefficient (Wildman–Crippen LogP) is 4.39. The summed E-state index contributed by atoms with van der Waals surface area (Å²) in [5.74, 6) is 0.387. The molecule has 0 aromatic heterocycles. The van der Waals surface area contributed by atoms with E-state index in [1.54, 1.807) is 0 Å². The molecule has 0 N–H and O–H groups in total. The lowest BCUT2D eigenvalue weighted by molar-refractivity contribution is 0.0582. The van der Waals surface area contributed by atoms with Crippen LogP contribution in [0.2, 0.25) is 0 Å². The molecule has 0 atom stereocenters. The van der Waals surface area contributed by atoms with Crippen molar-refractivity contribution < 1.29 is 9.59 Å². The third kappa shape index (κ3) is 3.52. The van der Waals surface area contributed by atoms with Crippen molar-refractivity contribution in [2.45, 2.75) is 19.3 Å². The Morgan fingerprint density at radius 3 is 2.00 bits per heavy atom. The third-order valence-corrected chi connectivity index (χ3v) is 6.57. The fraction of sp³-hybridized carbons (Fsp3) is 0.308. The fourth-order valence-electron chi connectivity index (χ4n) is 4.89. The first-order chi connectivity index (χ1) is 14.7. The average molecular weight is 399 g/mol. The molecule has 4 heteroatoms. The van der Waals surface area contributed by atoms with Gasteiger partial charge in [0, 0.05) is 29.6 Å². The molecule has 0 radical (unpaired) electrons. The number of benzene rings is 3. The molecule has 0 aliphatic carbocycles. The standard InChI is InChI=1S/C26H26N2O2/c29-25-22-10-4-8-21-9-5-11-23(24(21)22)26(30)28(25)17-16-27-14-12-20(13-15-27)18-19-6-2-1-3-7-19/h1-11,20H,12-18H2. The van der Waals surface area contributed by atoms with Crippen LogP contribution in [-0.4, -0.2) is 47.8 Å². The van der Waals surface area contributed by atoms with Crippen LogP contribution in [0.3, 0.4) is 0 Å². The predicted molar refractivity (Wildman–Crippen MR) is 119 cm³/mol. The normalized spacial score (nSPS) is 17.7. The van der Waals surface area contributed by atoms with Crippen LogP contribution in [0.25, 0.3) is 10.8 Å². The lowest BCUT2D eigenvalue weighted by Gasteiger charge is -2.34. The summed E-state index contributed by atoms with van der Waals surface area (Å²) >= 11 is 0. The lowest BCUT2D eigenvalue weighted by atomic mass is 9.90. The summed E-state index contributed by atoms with van der Waals surface area (Å²) in [5.41, 5.74) is 2.70. The first kappa shape index (κ1) is 19.0. The van der Waals surface area contributed by atoms with Crippen LogP contribution in [0.15, 0.2) is 66.7 Å². The molecule has 2 aliphatic rings. The van der Waals surface area contributed by atoms with Crippen LogP contribution in [0.4, 0.5) is 0 Å². The van der Waals surface area contributed by atoms with E-state index in [0.717, 1.165) is 36.8 Å². The monoisotopic (exact) mass is 398 g/mol. The number of rotatable bonds is 5. The van der Waals surface area contributed by atoms with Gasteiger partial charge in [0.2, 0.25) is 0 Å². The van der Waals surface area contributed by atoms with E-state index in [2.05, 4.69) is 35.2 Å². The molecule has 0 bridgehead atoms. The van der Waals surface area contributed by atoms with Crippen molar-refractivity contribution in [1.82, 2.24) is 9.80 Å². The summed E-state index contributed by atoms with van der Waals surface area (Å²) in [7, 11) is 0. The molecule has 1 fully saturated rings. The minimum Gasteiger partial charge on any atom is -0.302 e. The van der Waals surface area contributed by atoms with E-state index in [0.29, 0.717) is 23.6 Å². The molecule has 0 saturated carbocycles. The first-order valence-electron chi connectivity index (χ1n) is 10.8. The van der Waals surface area contributed by atoms with Gasteiger partial charge in [-0.25, -0.2) is 0 Å². The Bertz CT molecular complexity index is 1030. The summed E-state index contributed by atoms with van der Waals surface area (Å²) in [6.07, 6.45) is 3.47. The van der Waals surface area contributed by atoms with Crippen molar-refractivity contribution in [3.05, 3.63) is 83.4 Å². The summed E-state index contributed by atoms with van der Waals surface area (Å²) in [6, 6.07) is 22.1. The molecule has 3 aromatic rings. The zero-order valence-electron chi connectivity index (χ0n) is 17.1. The number of likely N-dealkylation sites (tertiary alicyclic amines) is 1. The van der Waals surface area contributed by atoms with E-state index in [-0.39, 0.29) is 11.8 Å². The number of hydrogen-bond donors (Lipinski definition) is 0. The van der Waals surface area contributed by atoms with Gasteiger partial charge in [-0.05, 0) is 61.4 Å². The molecule has 2 aliphatic heterocycles. The van der Waals surface area contributed by atoms with Gasteiger partial charge in [-0.15, -0.1) is 0 Å². The van der Waals surface area contributed by atoms with E-state index in [1.165, 1.54) is 23.3 Å². The van der Waals surface area contributed by atoms with E-state index in [4.69, 9.17) is 0 Å². The Morgan fingerprint density at radius 2 is 1.37 bits per heavy atom. The maximum atomic E-state index is 13.0. The molecule has 2 heterocycles. The highest BCUT2D eigenvalue weighted by Gasteiger charge is 2.32. The van der Waals surface area contributed by atoms with Crippen LogP contribution in [0.1, 0.15) is 39.1 Å². The lowest BCUT2D eigenvalue weighted by Crippen LogP contribution is -2.46. The number of hydrogen-bond acceptors (Lipinski definition) is 3. The smallest absolute Gasteiger partial charge is 0.261 e. The number of nitrogens with zero attached hydrogens (tertiary/aromatic N) is 2. The number of imide groups is 1. The Hall–Kier alpha value is -2.98. The third-order valence-electron chi connectivity index (χ3n) is 6.57. The van der Waals surface area contributed by atoms with Crippen LogP contribution >= 0.6 is 0 Å². The molecular weight excluding hydrogens is 372 g/mol. The molecule has 1 saturated heterocycles. The van der Waals surface area contributed by atoms with Crippen molar-refractivity contribution in [2.24, 2.45) is 5.92 Å². The second-order valence-electron chi connectivity index (χ2n) is 8.45. The van der Waals surface area contributed by atoms with E-state index >= 15 is 0 Å². The van der Waals surface area contributed by atoms with E-state index in [9.17, 15) is 9.59 Å². The van der Waals surface area contributed by atoms with Crippen molar-refractivity contribution in [1.29, 1.82) is 0 Å². The number of piperidine rings is 1. The average Bonchev–Trinajstić information content (AvgIpc) is 2.79. The molecular formula is C26H26N2O2. The van der Waals surface area contributed by atoms with Crippen molar-refractivity contribution in [3.63, 3.8) is 0 Å². The highest BCUT2D eigenvalue weighted by Crippen LogP contribution is 2.30. The van der Waals surface area contributed by atoms with Gasteiger partial charge in [-0.3, -0.25) is 14.5 Å². The zero-order chi connectivity index (χ0) is 20.5. The molecule has 152 valence electrons. The highest BCUT2D eigenvalue weighted by atomic mass is 16.2. The first-order valence-corrected chi connectivity index (χ1v) is 10.8. The van der Waals surface area contributed by atoms with Crippen LogP contribution in [-0.2, 0) is 6.42 Å². The molecule has 4 nitrogen and oxygen atoms in total. The Balaban J connectivity index is 1.21. The number of carbonyl (C=O) groups is 2. The SMILES string of the molecule is O=C1c2cccc3cccc(c23)C(=O)N1CCN1CCC(Cc2ccccc2)CC1. The number of carbonyl (C=O) groups excluding carboxylic acids is 2. The van der Waals surface area contributed by atoms with Gasteiger partial charge in [-0.2, -0.15) is 0 Å². The molecule has 3 aromatic carbocycles. The van der Waals surface area contributed by atoms with Gasteiger partial charge in [0.15, 0.2) is 0 Å². The van der Waals surface area contributed by atoms with Crippen molar-refractivity contribution in [3.8, 4) is 0 Å². The van der Waals surface area contributed by atoms with Gasteiger partial charge < -0.3 is 4.90 Å². The van der Waals surface area contributed by atoms with Gasteiger partial charge in [0.25, 0.3) is 11.8 Å². The van der Waals surface area contributed by atoms with Crippen molar-refractivity contribution in [2.75, 3.05) is 26.2 Å². The van der Waals surface area contributed by atoms with Crippen molar-refractivity contribution >= 4 is 22.6 Å². The van der Waals surface area contributed by atoms with E-state index in [1.807, 2.05) is 36.4 Å². The summed E-state index contributed by atoms with van der Waals surface area (Å²) in [4.78, 5) is 29.9. The quantitative estimate of drug-likeness (QED) is 0.599. The molecule has 2 amide bonds. The topological polar surface area (TPSA) is 40.6 Å². The zero-order valence-corrected chi connectivity index (χ0v) is 17.1. The number of amides is 2. The summed E-state index contributed by atoms with van der Waals surface area (Å²) in [5, 5.41) is 1.75. The Morgan fingerprint density at radius 1 is 0.733 bits per heavy atom. The molecule has 0 unspecified atom stereocenters. The largest absolute Gasteiger partial charge is 0.302 e. The second kappa shape index (κ2) is 8.04. The Labute approximate surface area is 177 Å². The fourth-order valence-corrected chi connectivity index (χ4v) is 4.89. The van der Waals surface area contributed by atoms with Crippen LogP contribution < -0.4 is 0 Å². The molecule has 5 rings (SSSR count). The van der Waals surface area contributed by atoms with Gasteiger partial charge in [0.1, 0.15) is 0 Å².